The smallest absolute Gasteiger partial charge is 0.0692 e. The first-order valence-corrected chi connectivity index (χ1v) is 3.53. The highest BCUT2D eigenvalue weighted by molar-refractivity contribution is 4.89. The van der Waals surface area contributed by atoms with Crippen molar-refractivity contribution in [1.82, 2.24) is 0 Å². The van der Waals surface area contributed by atoms with Crippen LogP contribution < -0.4 is 0 Å². The van der Waals surface area contributed by atoms with Crippen LogP contribution in [-0.4, -0.2) is 11.2 Å². The van der Waals surface area contributed by atoms with Crippen molar-refractivity contribution in [3.05, 3.63) is 12.2 Å². The van der Waals surface area contributed by atoms with E-state index in [4.69, 9.17) is 5.11 Å². The van der Waals surface area contributed by atoms with Crippen LogP contribution >= 0.6 is 0 Å². The molecule has 1 heteroatoms. The Kier molecular flexibility index (Phi) is 4.41. The fourth-order valence-corrected chi connectivity index (χ4v) is 0.487. The van der Waals surface area contributed by atoms with Gasteiger partial charge >= 0.3 is 0 Å². The third-order valence-electron chi connectivity index (χ3n) is 1.36. The lowest BCUT2D eigenvalue weighted by Crippen LogP contribution is -1.94. The van der Waals surface area contributed by atoms with Crippen LogP contribution in [0.1, 0.15) is 27.2 Å². The molecule has 0 aliphatic carbocycles. The van der Waals surface area contributed by atoms with E-state index < -0.39 is 0 Å². The predicted molar refractivity (Wildman–Crippen MR) is 40.3 cm³/mol. The second-order valence-corrected chi connectivity index (χ2v) is 2.51. The predicted octanol–water partition coefficient (Wildman–Crippen LogP) is 1.97. The highest BCUT2D eigenvalue weighted by atomic mass is 16.3. The van der Waals surface area contributed by atoms with Crippen LogP contribution in [-0.2, 0) is 0 Å². The molecule has 0 aliphatic heterocycles. The van der Waals surface area contributed by atoms with E-state index in [9.17, 15) is 0 Å². The molecule has 0 saturated heterocycles. The Morgan fingerprint density at radius 2 is 1.89 bits per heavy atom. The van der Waals surface area contributed by atoms with Gasteiger partial charge in [-0.3, -0.25) is 0 Å². The van der Waals surface area contributed by atoms with Crippen molar-refractivity contribution in [1.29, 1.82) is 0 Å². The molecule has 1 N–H and O–H groups in total. The van der Waals surface area contributed by atoms with Crippen LogP contribution in [0.4, 0.5) is 0 Å². The average molecular weight is 128 g/mol. The van der Waals surface area contributed by atoms with E-state index in [1.165, 1.54) is 0 Å². The maximum Gasteiger partial charge on any atom is 0.0692 e. The molecule has 0 amide bonds. The highest BCUT2D eigenvalue weighted by Crippen LogP contribution is 2.02. The van der Waals surface area contributed by atoms with Gasteiger partial charge in [0, 0.05) is 0 Å². The Morgan fingerprint density at radius 1 is 1.33 bits per heavy atom. The zero-order chi connectivity index (χ0) is 7.28. The third-order valence-corrected chi connectivity index (χ3v) is 1.36. The minimum atomic E-state index is -0.293. The van der Waals surface area contributed by atoms with E-state index >= 15 is 0 Å². The lowest BCUT2D eigenvalue weighted by molar-refractivity contribution is 0.243. The second kappa shape index (κ2) is 4.57. The van der Waals surface area contributed by atoms with Gasteiger partial charge in [-0.1, -0.05) is 32.4 Å². The number of rotatable bonds is 3. The zero-order valence-electron chi connectivity index (χ0n) is 6.46. The van der Waals surface area contributed by atoms with Gasteiger partial charge in [0.2, 0.25) is 0 Å². The lowest BCUT2D eigenvalue weighted by Gasteiger charge is -1.99. The Labute approximate surface area is 57.4 Å². The average Bonchev–Trinajstić information content (AvgIpc) is 1.83. The molecular formula is C8H16O. The van der Waals surface area contributed by atoms with Gasteiger partial charge in [0.05, 0.1) is 6.10 Å². The summed E-state index contributed by atoms with van der Waals surface area (Å²) in [5.41, 5.74) is 0. The van der Waals surface area contributed by atoms with Crippen molar-refractivity contribution in [2.45, 2.75) is 33.3 Å². The molecule has 0 bridgehead atoms. The first-order valence-electron chi connectivity index (χ1n) is 3.53. The van der Waals surface area contributed by atoms with Crippen molar-refractivity contribution < 1.29 is 5.11 Å². The number of aliphatic hydroxyl groups is 1. The molecule has 2 atom stereocenters. The summed E-state index contributed by atoms with van der Waals surface area (Å²) >= 11 is 0. The number of aliphatic hydroxyl groups excluding tert-OH is 1. The molecule has 2 unspecified atom stereocenters. The Bertz CT molecular complexity index is 84.6. The molecule has 0 aromatic rings. The van der Waals surface area contributed by atoms with Gasteiger partial charge < -0.3 is 5.11 Å². The molecule has 0 saturated carbocycles. The first kappa shape index (κ1) is 8.70. The Morgan fingerprint density at radius 3 is 2.22 bits per heavy atom. The summed E-state index contributed by atoms with van der Waals surface area (Å²) in [6, 6.07) is 0. The summed E-state index contributed by atoms with van der Waals surface area (Å²) < 4.78 is 0. The molecule has 0 aliphatic rings. The number of hydrogen-bond acceptors (Lipinski definition) is 1. The second-order valence-electron chi connectivity index (χ2n) is 2.51. The quantitative estimate of drug-likeness (QED) is 0.576. The molecule has 0 radical (unpaired) electrons. The fraction of sp³-hybridized carbons (Fsp3) is 0.750. The van der Waals surface area contributed by atoms with Crippen LogP contribution in [0.2, 0.25) is 0 Å². The molecule has 0 heterocycles. The molecule has 0 aromatic heterocycles. The van der Waals surface area contributed by atoms with E-state index in [2.05, 4.69) is 13.8 Å². The van der Waals surface area contributed by atoms with Crippen molar-refractivity contribution in [2.24, 2.45) is 5.92 Å². The van der Waals surface area contributed by atoms with Crippen LogP contribution in [0.5, 0.6) is 0 Å². The normalized spacial score (nSPS) is 18.2. The van der Waals surface area contributed by atoms with Gasteiger partial charge in [0.1, 0.15) is 0 Å². The van der Waals surface area contributed by atoms with Crippen LogP contribution in [0, 0.1) is 5.92 Å². The van der Waals surface area contributed by atoms with Gasteiger partial charge in [-0.25, -0.2) is 0 Å². The summed E-state index contributed by atoms with van der Waals surface area (Å²) in [6.07, 6.45) is 4.72. The molecule has 0 aromatic carbocycles. The maximum absolute atomic E-state index is 8.81. The SMILES string of the molecule is CCC(C)/C=C/C(C)O. The van der Waals surface area contributed by atoms with Crippen molar-refractivity contribution in [3.8, 4) is 0 Å². The Balaban J connectivity index is 3.43. The fourth-order valence-electron chi connectivity index (χ4n) is 0.487. The van der Waals surface area contributed by atoms with E-state index in [1.807, 2.05) is 12.2 Å². The van der Waals surface area contributed by atoms with Gasteiger partial charge in [0.15, 0.2) is 0 Å². The molecular weight excluding hydrogens is 112 g/mol. The summed E-state index contributed by atoms with van der Waals surface area (Å²) in [5.74, 6) is 0.597. The van der Waals surface area contributed by atoms with Gasteiger partial charge in [0.25, 0.3) is 0 Å². The molecule has 0 fully saturated rings. The maximum atomic E-state index is 8.81. The van der Waals surface area contributed by atoms with E-state index in [1.54, 1.807) is 6.92 Å². The summed E-state index contributed by atoms with van der Waals surface area (Å²) in [7, 11) is 0. The lowest BCUT2D eigenvalue weighted by atomic mass is 10.1. The number of hydrogen-bond donors (Lipinski definition) is 1. The molecule has 0 rings (SSSR count). The van der Waals surface area contributed by atoms with Crippen molar-refractivity contribution in [2.75, 3.05) is 0 Å². The molecule has 0 spiro atoms. The van der Waals surface area contributed by atoms with E-state index in [0.29, 0.717) is 5.92 Å². The van der Waals surface area contributed by atoms with Crippen molar-refractivity contribution >= 4 is 0 Å². The molecule has 54 valence electrons. The van der Waals surface area contributed by atoms with Crippen LogP contribution in [0.3, 0.4) is 0 Å². The first-order chi connectivity index (χ1) is 4.16. The standard InChI is InChI=1S/C8H16O/c1-4-7(2)5-6-8(3)9/h5-9H,4H2,1-3H3/b6-5+. The van der Waals surface area contributed by atoms with Crippen molar-refractivity contribution in [3.63, 3.8) is 0 Å². The molecule has 9 heavy (non-hydrogen) atoms. The highest BCUT2D eigenvalue weighted by Gasteiger charge is 1.91. The summed E-state index contributed by atoms with van der Waals surface area (Å²) in [5, 5.41) is 8.81. The minimum absolute atomic E-state index is 0.293. The largest absolute Gasteiger partial charge is 0.389 e. The van der Waals surface area contributed by atoms with E-state index in [0.717, 1.165) is 6.42 Å². The van der Waals surface area contributed by atoms with Crippen LogP contribution in [0.15, 0.2) is 12.2 Å². The molecule has 1 nitrogen and oxygen atoms in total. The minimum Gasteiger partial charge on any atom is -0.389 e. The number of allylic oxidation sites excluding steroid dienone is 1. The summed E-state index contributed by atoms with van der Waals surface area (Å²) in [4.78, 5) is 0. The van der Waals surface area contributed by atoms with Gasteiger partial charge in [-0.2, -0.15) is 0 Å². The zero-order valence-corrected chi connectivity index (χ0v) is 6.46. The third kappa shape index (κ3) is 5.57. The summed E-state index contributed by atoms with van der Waals surface area (Å²) in [6.45, 7) is 6.04. The van der Waals surface area contributed by atoms with Gasteiger partial charge in [-0.05, 0) is 12.8 Å². The van der Waals surface area contributed by atoms with E-state index in [-0.39, 0.29) is 6.10 Å². The van der Waals surface area contributed by atoms with Crippen LogP contribution in [0.25, 0.3) is 0 Å². The Hall–Kier alpha value is -0.300. The monoisotopic (exact) mass is 128 g/mol. The topological polar surface area (TPSA) is 20.2 Å². The van der Waals surface area contributed by atoms with Gasteiger partial charge in [-0.15, -0.1) is 0 Å².